The summed E-state index contributed by atoms with van der Waals surface area (Å²) in [5.41, 5.74) is 2.70. The Hall–Kier alpha value is -3.33. The number of nitrogens with one attached hydrogen (secondary N) is 1. The highest BCUT2D eigenvalue weighted by Crippen LogP contribution is 2.27. The average molecular weight is 449 g/mol. The summed E-state index contributed by atoms with van der Waals surface area (Å²) in [6, 6.07) is 15.8. The molecule has 2 aromatic carbocycles. The van der Waals surface area contributed by atoms with Gasteiger partial charge in [-0.25, -0.2) is 4.98 Å². The van der Waals surface area contributed by atoms with Gasteiger partial charge in [0.15, 0.2) is 5.82 Å². The van der Waals surface area contributed by atoms with Crippen LogP contribution in [0, 0.1) is 6.92 Å². The Balaban J connectivity index is 1.27. The third-order valence-corrected chi connectivity index (χ3v) is 6.56. The van der Waals surface area contributed by atoms with Gasteiger partial charge in [0.25, 0.3) is 5.91 Å². The molecule has 1 N–H and O–H groups in total. The summed E-state index contributed by atoms with van der Waals surface area (Å²) < 4.78 is 5.20. The number of para-hydroxylation sites is 2. The Labute approximate surface area is 190 Å². The summed E-state index contributed by atoms with van der Waals surface area (Å²) in [6.45, 7) is 4.76. The van der Waals surface area contributed by atoms with Gasteiger partial charge in [0, 0.05) is 31.1 Å². The zero-order valence-electron chi connectivity index (χ0n) is 17.8. The van der Waals surface area contributed by atoms with E-state index in [1.54, 1.807) is 18.7 Å². The van der Waals surface area contributed by atoms with Crippen LogP contribution in [0.1, 0.15) is 28.5 Å². The molecule has 164 valence electrons. The maximum Gasteiger partial charge on any atom is 0.255 e. The summed E-state index contributed by atoms with van der Waals surface area (Å²) in [5.74, 6) is 2.63. The number of fused-ring (bicyclic) bond motifs is 1. The number of carbonyl (C=O) groups excluding carboxylic acids is 1. The molecule has 3 heterocycles. The fourth-order valence-corrected chi connectivity index (χ4v) is 4.78. The van der Waals surface area contributed by atoms with Crippen LogP contribution in [-0.4, -0.2) is 57.1 Å². The molecule has 0 unspecified atom stereocenters. The second kappa shape index (κ2) is 9.04. The van der Waals surface area contributed by atoms with Crippen molar-refractivity contribution in [3.05, 3.63) is 65.8 Å². The van der Waals surface area contributed by atoms with Crippen molar-refractivity contribution in [3.63, 3.8) is 0 Å². The van der Waals surface area contributed by atoms with Crippen molar-refractivity contribution in [2.75, 3.05) is 31.1 Å². The minimum absolute atomic E-state index is 0.0567. The lowest BCUT2D eigenvalue weighted by Gasteiger charge is -2.22. The molecule has 0 atom stereocenters. The first-order valence-corrected chi connectivity index (χ1v) is 11.7. The molecule has 2 aromatic heterocycles. The maximum absolute atomic E-state index is 13.4. The van der Waals surface area contributed by atoms with E-state index >= 15 is 0 Å². The van der Waals surface area contributed by atoms with Crippen molar-refractivity contribution >= 4 is 34.7 Å². The average Bonchev–Trinajstić information content (AvgIpc) is 3.35. The van der Waals surface area contributed by atoms with E-state index in [1.807, 2.05) is 53.4 Å². The highest BCUT2D eigenvalue weighted by Gasteiger charge is 2.23. The van der Waals surface area contributed by atoms with Crippen LogP contribution in [0.15, 0.2) is 57.9 Å². The smallest absolute Gasteiger partial charge is 0.255 e. The second-order valence-corrected chi connectivity index (χ2v) is 8.75. The molecule has 0 radical (unpaired) electrons. The number of aromatic amines is 1. The van der Waals surface area contributed by atoms with Gasteiger partial charge < -0.3 is 19.3 Å². The predicted molar refractivity (Wildman–Crippen MR) is 124 cm³/mol. The number of anilines is 1. The monoisotopic (exact) mass is 448 g/mol. The fourth-order valence-electron chi connectivity index (χ4n) is 3.90. The summed E-state index contributed by atoms with van der Waals surface area (Å²) in [5, 5.41) is 3.83. The zero-order chi connectivity index (χ0) is 21.9. The van der Waals surface area contributed by atoms with Gasteiger partial charge >= 0.3 is 0 Å². The molecule has 32 heavy (non-hydrogen) atoms. The van der Waals surface area contributed by atoms with Crippen LogP contribution >= 0.6 is 11.8 Å². The molecule has 1 fully saturated rings. The van der Waals surface area contributed by atoms with Gasteiger partial charge in [-0.15, -0.1) is 11.8 Å². The molecule has 4 aromatic rings. The van der Waals surface area contributed by atoms with Crippen molar-refractivity contribution in [1.82, 2.24) is 25.0 Å². The molecule has 1 saturated heterocycles. The number of H-pyrrole nitrogens is 1. The Morgan fingerprint density at radius 2 is 1.91 bits per heavy atom. The zero-order valence-corrected chi connectivity index (χ0v) is 18.6. The summed E-state index contributed by atoms with van der Waals surface area (Å²) >= 11 is 1.54. The predicted octanol–water partition coefficient (Wildman–Crippen LogP) is 3.90. The topological polar surface area (TPSA) is 91.2 Å². The normalized spacial score (nSPS) is 14.7. The molecule has 5 rings (SSSR count). The fraction of sp³-hybridized carbons (Fsp3) is 0.304. The van der Waals surface area contributed by atoms with Gasteiger partial charge in [-0.1, -0.05) is 29.4 Å². The molecule has 0 bridgehead atoms. The van der Waals surface area contributed by atoms with Crippen LogP contribution in [0.4, 0.5) is 5.95 Å². The minimum atomic E-state index is 0.0567. The van der Waals surface area contributed by atoms with Gasteiger partial charge in [0.2, 0.25) is 11.8 Å². The molecule has 1 aliphatic heterocycles. The van der Waals surface area contributed by atoms with Crippen LogP contribution < -0.4 is 4.90 Å². The number of carbonyl (C=O) groups is 1. The van der Waals surface area contributed by atoms with E-state index in [1.165, 1.54) is 0 Å². The summed E-state index contributed by atoms with van der Waals surface area (Å²) in [6.07, 6.45) is 0.888. The van der Waals surface area contributed by atoms with Crippen LogP contribution in [0.25, 0.3) is 11.0 Å². The Morgan fingerprint density at radius 3 is 2.75 bits per heavy atom. The van der Waals surface area contributed by atoms with Crippen LogP contribution in [0.3, 0.4) is 0 Å². The molecule has 0 aliphatic carbocycles. The highest BCUT2D eigenvalue weighted by atomic mass is 32.2. The number of amides is 1. The highest BCUT2D eigenvalue weighted by molar-refractivity contribution is 7.98. The molecule has 0 spiro atoms. The third kappa shape index (κ3) is 4.34. The number of nitrogens with zero attached hydrogens (tertiary/aromatic N) is 5. The van der Waals surface area contributed by atoms with Crippen LogP contribution in [0.2, 0.25) is 0 Å². The van der Waals surface area contributed by atoms with E-state index in [0.29, 0.717) is 29.6 Å². The van der Waals surface area contributed by atoms with Crippen molar-refractivity contribution in [2.24, 2.45) is 0 Å². The Morgan fingerprint density at radius 1 is 1.06 bits per heavy atom. The quantitative estimate of drug-likeness (QED) is 0.463. The summed E-state index contributed by atoms with van der Waals surface area (Å²) in [7, 11) is 0. The van der Waals surface area contributed by atoms with E-state index in [4.69, 9.17) is 9.51 Å². The van der Waals surface area contributed by atoms with Gasteiger partial charge in [0.05, 0.1) is 22.3 Å². The number of hydrogen-bond acceptors (Lipinski definition) is 7. The van der Waals surface area contributed by atoms with Crippen molar-refractivity contribution < 1.29 is 9.32 Å². The Bertz CT molecular complexity index is 1200. The first kappa shape index (κ1) is 20.6. The molecule has 9 heteroatoms. The molecular weight excluding hydrogens is 424 g/mol. The van der Waals surface area contributed by atoms with Crippen molar-refractivity contribution in [3.8, 4) is 0 Å². The van der Waals surface area contributed by atoms with Gasteiger partial charge in [0.1, 0.15) is 0 Å². The van der Waals surface area contributed by atoms with E-state index in [9.17, 15) is 4.79 Å². The van der Waals surface area contributed by atoms with Crippen LogP contribution in [0.5, 0.6) is 0 Å². The summed E-state index contributed by atoms with van der Waals surface area (Å²) in [4.78, 5) is 30.9. The molecule has 0 saturated carbocycles. The number of imidazole rings is 1. The van der Waals surface area contributed by atoms with Crippen LogP contribution in [-0.2, 0) is 5.75 Å². The van der Waals surface area contributed by atoms with E-state index in [2.05, 4.69) is 20.0 Å². The number of rotatable bonds is 5. The van der Waals surface area contributed by atoms with Gasteiger partial charge in [-0.2, -0.15) is 4.98 Å². The van der Waals surface area contributed by atoms with Crippen molar-refractivity contribution in [2.45, 2.75) is 24.0 Å². The van der Waals surface area contributed by atoms with Gasteiger partial charge in [-0.05, 0) is 37.6 Å². The molecule has 8 nitrogen and oxygen atoms in total. The molecule has 1 aliphatic rings. The Kier molecular flexibility index (Phi) is 5.81. The maximum atomic E-state index is 13.4. The molecular formula is C23H24N6O2S. The number of hydrogen-bond donors (Lipinski definition) is 1. The molecule has 1 amide bonds. The van der Waals surface area contributed by atoms with Crippen molar-refractivity contribution in [1.29, 1.82) is 0 Å². The first-order chi connectivity index (χ1) is 15.7. The third-order valence-electron chi connectivity index (χ3n) is 5.50. The van der Waals surface area contributed by atoms with E-state index in [0.717, 1.165) is 47.9 Å². The first-order valence-electron chi connectivity index (χ1n) is 10.7. The minimum Gasteiger partial charge on any atom is -0.341 e. The number of aromatic nitrogens is 4. The number of thioether (sulfide) groups is 1. The van der Waals surface area contributed by atoms with E-state index in [-0.39, 0.29) is 5.91 Å². The second-order valence-electron chi connectivity index (χ2n) is 7.73. The van der Waals surface area contributed by atoms with Gasteiger partial charge in [-0.3, -0.25) is 4.79 Å². The lowest BCUT2D eigenvalue weighted by atomic mass is 10.2. The number of benzene rings is 2. The lowest BCUT2D eigenvalue weighted by Crippen LogP contribution is -2.35. The standard InChI is InChI=1S/C23H24N6O2S/c1-16-24-21(31-27-16)15-32-20-10-5-2-7-17(20)22(30)28-11-6-12-29(14-13-28)23-25-18-8-3-4-9-19(18)26-23/h2-5,7-10H,6,11-15H2,1H3,(H,25,26). The van der Waals surface area contributed by atoms with E-state index < -0.39 is 0 Å². The number of aryl methyl sites for hydroxylation is 1. The largest absolute Gasteiger partial charge is 0.341 e. The SMILES string of the molecule is Cc1noc(CSc2ccccc2C(=O)N2CCCN(c3nc4ccccc4[nH]3)CC2)n1. The lowest BCUT2D eigenvalue weighted by molar-refractivity contribution is 0.0763.